The first-order valence-corrected chi connectivity index (χ1v) is 8.86. The van der Waals surface area contributed by atoms with Gasteiger partial charge in [0.25, 0.3) is 0 Å². The first-order valence-electron chi connectivity index (χ1n) is 7.38. The van der Waals surface area contributed by atoms with E-state index in [1.54, 1.807) is 32.2 Å². The van der Waals surface area contributed by atoms with Gasteiger partial charge in [0.2, 0.25) is 10.0 Å². The number of halogens is 1. The van der Waals surface area contributed by atoms with Crippen molar-refractivity contribution in [2.24, 2.45) is 5.92 Å². The Morgan fingerprint density at radius 2 is 2.18 bits per heavy atom. The Balaban J connectivity index is 0.00000242. The predicted octanol–water partition coefficient (Wildman–Crippen LogP) is 2.09. The molecule has 126 valence electrons. The van der Waals surface area contributed by atoms with Crippen LogP contribution < -0.4 is 14.8 Å². The quantitative estimate of drug-likeness (QED) is 0.826. The van der Waals surface area contributed by atoms with Crippen molar-refractivity contribution in [3.8, 4) is 5.75 Å². The summed E-state index contributed by atoms with van der Waals surface area (Å²) in [4.78, 5) is 0.324. The van der Waals surface area contributed by atoms with E-state index >= 15 is 0 Å². The van der Waals surface area contributed by atoms with Crippen LogP contribution >= 0.6 is 12.4 Å². The zero-order chi connectivity index (χ0) is 15.3. The summed E-state index contributed by atoms with van der Waals surface area (Å²) in [6.07, 6.45) is 3.23. The van der Waals surface area contributed by atoms with Crippen LogP contribution in [0.15, 0.2) is 23.1 Å². The van der Waals surface area contributed by atoms with Gasteiger partial charge in [-0.1, -0.05) is 0 Å². The molecule has 0 saturated carbocycles. The first-order chi connectivity index (χ1) is 10.0. The monoisotopic (exact) mass is 348 g/mol. The fourth-order valence-electron chi connectivity index (χ4n) is 2.70. The molecule has 1 aliphatic heterocycles. The van der Waals surface area contributed by atoms with Crippen molar-refractivity contribution in [1.82, 2.24) is 10.0 Å². The zero-order valence-electron chi connectivity index (χ0n) is 13.1. The van der Waals surface area contributed by atoms with Crippen LogP contribution in [-0.2, 0) is 10.0 Å². The van der Waals surface area contributed by atoms with E-state index < -0.39 is 10.0 Å². The van der Waals surface area contributed by atoms with Crippen molar-refractivity contribution >= 4 is 22.4 Å². The van der Waals surface area contributed by atoms with Crippen LogP contribution in [-0.4, -0.2) is 35.2 Å². The average Bonchev–Trinajstić information content (AvgIpc) is 2.47. The predicted molar refractivity (Wildman–Crippen MR) is 90.4 cm³/mol. The molecule has 22 heavy (non-hydrogen) atoms. The largest absolute Gasteiger partial charge is 0.497 e. The molecule has 1 fully saturated rings. The molecule has 7 heteroatoms. The van der Waals surface area contributed by atoms with E-state index in [2.05, 4.69) is 10.0 Å². The highest BCUT2D eigenvalue weighted by Gasteiger charge is 2.18. The number of methoxy groups -OCH3 is 1. The standard InChI is InChI=1S/C15H24N2O3S.ClH/c1-12-10-14(20-2)5-6-15(12)21(18,19)17-9-7-13-4-3-8-16-11-13;/h5-6,10,13,16-17H,3-4,7-9,11H2,1-2H3;1H. The third-order valence-electron chi connectivity index (χ3n) is 3.92. The Morgan fingerprint density at radius 3 is 2.77 bits per heavy atom. The van der Waals surface area contributed by atoms with Gasteiger partial charge in [0, 0.05) is 6.54 Å². The lowest BCUT2D eigenvalue weighted by Crippen LogP contribution is -2.33. The van der Waals surface area contributed by atoms with Crippen LogP contribution in [0.3, 0.4) is 0 Å². The summed E-state index contributed by atoms with van der Waals surface area (Å²) >= 11 is 0. The van der Waals surface area contributed by atoms with Crippen LogP contribution in [0.4, 0.5) is 0 Å². The van der Waals surface area contributed by atoms with E-state index in [4.69, 9.17) is 4.74 Å². The van der Waals surface area contributed by atoms with Gasteiger partial charge in [-0.2, -0.15) is 0 Å². The van der Waals surface area contributed by atoms with Gasteiger partial charge >= 0.3 is 0 Å². The smallest absolute Gasteiger partial charge is 0.240 e. The molecule has 0 radical (unpaired) electrons. The highest BCUT2D eigenvalue weighted by molar-refractivity contribution is 7.89. The Labute approximate surface area is 139 Å². The van der Waals surface area contributed by atoms with Crippen molar-refractivity contribution in [3.63, 3.8) is 0 Å². The van der Waals surface area contributed by atoms with E-state index in [0.29, 0.717) is 28.7 Å². The molecule has 1 atom stereocenters. The summed E-state index contributed by atoms with van der Waals surface area (Å²) in [7, 11) is -1.87. The molecule has 0 aromatic heterocycles. The normalized spacial score (nSPS) is 18.5. The number of ether oxygens (including phenoxy) is 1. The molecule has 0 amide bonds. The Kier molecular flexibility index (Phi) is 7.62. The van der Waals surface area contributed by atoms with Crippen molar-refractivity contribution in [1.29, 1.82) is 0 Å². The van der Waals surface area contributed by atoms with Crippen molar-refractivity contribution in [3.05, 3.63) is 23.8 Å². The van der Waals surface area contributed by atoms with E-state index in [1.807, 2.05) is 0 Å². The summed E-state index contributed by atoms with van der Waals surface area (Å²) in [5.74, 6) is 1.23. The minimum atomic E-state index is -3.44. The molecule has 0 aliphatic carbocycles. The first kappa shape index (κ1) is 19.2. The molecule has 1 unspecified atom stereocenters. The lowest BCUT2D eigenvalue weighted by molar-refractivity contribution is 0.358. The molecule has 1 saturated heterocycles. The van der Waals surface area contributed by atoms with Gasteiger partial charge in [-0.3, -0.25) is 0 Å². The molecule has 1 heterocycles. The summed E-state index contributed by atoms with van der Waals surface area (Å²) < 4.78 is 32.5. The summed E-state index contributed by atoms with van der Waals surface area (Å²) in [5.41, 5.74) is 0.696. The molecule has 1 aromatic rings. The second-order valence-corrected chi connectivity index (χ2v) is 7.27. The molecule has 0 bridgehead atoms. The lowest BCUT2D eigenvalue weighted by Gasteiger charge is -2.22. The molecule has 1 aliphatic rings. The third kappa shape index (κ3) is 5.12. The fraction of sp³-hybridized carbons (Fsp3) is 0.600. The molecule has 2 N–H and O–H groups in total. The number of hydrogen-bond donors (Lipinski definition) is 2. The molecule has 0 spiro atoms. The lowest BCUT2D eigenvalue weighted by atomic mass is 9.96. The Bertz CT molecular complexity index is 572. The highest BCUT2D eigenvalue weighted by atomic mass is 35.5. The summed E-state index contributed by atoms with van der Waals surface area (Å²) in [6.45, 7) is 4.33. The topological polar surface area (TPSA) is 67.4 Å². The van der Waals surface area contributed by atoms with Gasteiger partial charge < -0.3 is 10.1 Å². The number of rotatable bonds is 6. The Hall–Kier alpha value is -0.820. The fourth-order valence-corrected chi connectivity index (χ4v) is 3.97. The average molecular weight is 349 g/mol. The zero-order valence-corrected chi connectivity index (χ0v) is 14.7. The molecule has 1 aromatic carbocycles. The number of benzene rings is 1. The minimum absolute atomic E-state index is 0. The maximum Gasteiger partial charge on any atom is 0.240 e. The van der Waals surface area contributed by atoms with E-state index in [1.165, 1.54) is 12.8 Å². The van der Waals surface area contributed by atoms with Gasteiger partial charge in [0.15, 0.2) is 0 Å². The van der Waals surface area contributed by atoms with Crippen LogP contribution in [0.5, 0.6) is 5.75 Å². The maximum absolute atomic E-state index is 12.3. The molecule has 2 rings (SSSR count). The molecule has 5 nitrogen and oxygen atoms in total. The van der Waals surface area contributed by atoms with Crippen LogP contribution in [0.1, 0.15) is 24.8 Å². The van der Waals surface area contributed by atoms with Gasteiger partial charge in [-0.05, 0) is 69.0 Å². The summed E-state index contributed by atoms with van der Waals surface area (Å²) in [5, 5.41) is 3.34. The maximum atomic E-state index is 12.3. The van der Waals surface area contributed by atoms with Crippen LogP contribution in [0, 0.1) is 12.8 Å². The minimum Gasteiger partial charge on any atom is -0.497 e. The van der Waals surface area contributed by atoms with Crippen molar-refractivity contribution in [2.75, 3.05) is 26.7 Å². The van der Waals surface area contributed by atoms with Gasteiger partial charge in [0.1, 0.15) is 5.75 Å². The third-order valence-corrected chi connectivity index (χ3v) is 5.54. The van der Waals surface area contributed by atoms with Gasteiger partial charge in [-0.25, -0.2) is 13.1 Å². The Morgan fingerprint density at radius 1 is 1.41 bits per heavy atom. The number of aryl methyl sites for hydroxylation is 1. The highest BCUT2D eigenvalue weighted by Crippen LogP contribution is 2.21. The second kappa shape index (κ2) is 8.72. The molecular weight excluding hydrogens is 324 g/mol. The summed E-state index contributed by atoms with van der Waals surface area (Å²) in [6, 6.07) is 5.00. The van der Waals surface area contributed by atoms with Gasteiger partial charge in [-0.15, -0.1) is 12.4 Å². The number of hydrogen-bond acceptors (Lipinski definition) is 4. The van der Waals surface area contributed by atoms with Crippen LogP contribution in [0.25, 0.3) is 0 Å². The van der Waals surface area contributed by atoms with Crippen molar-refractivity contribution in [2.45, 2.75) is 31.1 Å². The van der Waals surface area contributed by atoms with E-state index in [-0.39, 0.29) is 12.4 Å². The SMILES string of the molecule is COc1ccc(S(=O)(=O)NCCC2CCCNC2)c(C)c1.Cl. The number of sulfonamides is 1. The molecular formula is C15H25ClN2O3S. The number of piperidine rings is 1. The van der Waals surface area contributed by atoms with E-state index in [9.17, 15) is 8.42 Å². The van der Waals surface area contributed by atoms with Crippen molar-refractivity contribution < 1.29 is 13.2 Å². The number of nitrogens with one attached hydrogen (secondary N) is 2. The second-order valence-electron chi connectivity index (χ2n) is 5.53. The van der Waals surface area contributed by atoms with Gasteiger partial charge in [0.05, 0.1) is 12.0 Å². The van der Waals surface area contributed by atoms with E-state index in [0.717, 1.165) is 19.5 Å². The van der Waals surface area contributed by atoms with Crippen LogP contribution in [0.2, 0.25) is 0 Å².